The minimum Gasteiger partial charge on any atom is -0.474 e. The van der Waals surface area contributed by atoms with E-state index in [1.54, 1.807) is 0 Å². The van der Waals surface area contributed by atoms with E-state index in [9.17, 15) is 0 Å². The Bertz CT molecular complexity index is 341. The van der Waals surface area contributed by atoms with Crippen LogP contribution in [0.25, 0.3) is 0 Å². The molecule has 13 heavy (non-hydrogen) atoms. The van der Waals surface area contributed by atoms with Crippen molar-refractivity contribution in [1.29, 1.82) is 0 Å². The summed E-state index contributed by atoms with van der Waals surface area (Å²) in [6.45, 7) is 4.11. The van der Waals surface area contributed by atoms with Crippen LogP contribution in [0, 0.1) is 5.92 Å². The van der Waals surface area contributed by atoms with Crippen molar-refractivity contribution in [1.82, 2.24) is 0 Å². The first kappa shape index (κ1) is 9.35. The number of ether oxygens (including phenoxy) is 1. The van der Waals surface area contributed by atoms with Gasteiger partial charge in [-0.15, -0.1) is 0 Å². The van der Waals surface area contributed by atoms with Crippen molar-refractivity contribution in [3.05, 3.63) is 34.1 Å². The first-order chi connectivity index (χ1) is 6.09. The van der Waals surface area contributed by atoms with Crippen molar-refractivity contribution in [3.63, 3.8) is 0 Å². The SMILES string of the molecule is CC1=C2OC(Br)C=C2C(C)C(Cl)=C1. The molecule has 0 N–H and O–H groups in total. The minimum atomic E-state index is 0.00543. The fourth-order valence-electron chi connectivity index (χ4n) is 1.64. The third-order valence-electron chi connectivity index (χ3n) is 2.40. The summed E-state index contributed by atoms with van der Waals surface area (Å²) >= 11 is 9.50. The molecule has 0 saturated carbocycles. The lowest BCUT2D eigenvalue weighted by Crippen LogP contribution is -2.07. The van der Waals surface area contributed by atoms with Crippen LogP contribution in [-0.2, 0) is 4.74 Å². The molecule has 0 bridgehead atoms. The molecule has 0 saturated heterocycles. The summed E-state index contributed by atoms with van der Waals surface area (Å²) in [6, 6.07) is 0. The number of fused-ring (bicyclic) bond motifs is 1. The van der Waals surface area contributed by atoms with Crippen molar-refractivity contribution in [2.75, 3.05) is 0 Å². The molecular weight excluding hydrogens is 251 g/mol. The first-order valence-electron chi connectivity index (χ1n) is 4.20. The maximum atomic E-state index is 6.09. The van der Waals surface area contributed by atoms with Crippen LogP contribution in [0.1, 0.15) is 13.8 Å². The minimum absolute atomic E-state index is 0.00543. The van der Waals surface area contributed by atoms with Crippen LogP contribution in [0.3, 0.4) is 0 Å². The molecule has 0 aromatic carbocycles. The average Bonchev–Trinajstić information content (AvgIpc) is 2.44. The highest BCUT2D eigenvalue weighted by Gasteiger charge is 2.30. The van der Waals surface area contributed by atoms with Crippen molar-refractivity contribution >= 4 is 27.5 Å². The zero-order valence-corrected chi connectivity index (χ0v) is 9.82. The predicted molar refractivity (Wildman–Crippen MR) is 57.7 cm³/mol. The highest BCUT2D eigenvalue weighted by molar-refractivity contribution is 9.09. The summed E-state index contributed by atoms with van der Waals surface area (Å²) < 4.78 is 5.60. The molecule has 2 aliphatic rings. The number of alkyl halides is 1. The summed E-state index contributed by atoms with van der Waals surface area (Å²) in [5.74, 6) is 1.25. The Morgan fingerprint density at radius 3 is 2.92 bits per heavy atom. The van der Waals surface area contributed by atoms with E-state index in [1.807, 2.05) is 13.0 Å². The Labute approximate surface area is 91.2 Å². The van der Waals surface area contributed by atoms with E-state index in [2.05, 4.69) is 28.9 Å². The average molecular weight is 262 g/mol. The van der Waals surface area contributed by atoms with Gasteiger partial charge in [0.25, 0.3) is 0 Å². The second-order valence-corrected chi connectivity index (χ2v) is 4.69. The topological polar surface area (TPSA) is 9.23 Å². The van der Waals surface area contributed by atoms with Crippen LogP contribution in [0.2, 0.25) is 0 Å². The van der Waals surface area contributed by atoms with E-state index in [4.69, 9.17) is 16.3 Å². The maximum Gasteiger partial charge on any atom is 0.172 e. The first-order valence-corrected chi connectivity index (χ1v) is 5.49. The van der Waals surface area contributed by atoms with E-state index in [1.165, 1.54) is 5.57 Å². The number of allylic oxidation sites excluding steroid dienone is 4. The number of halogens is 2. The smallest absolute Gasteiger partial charge is 0.172 e. The quantitative estimate of drug-likeness (QED) is 0.604. The number of hydrogen-bond donors (Lipinski definition) is 0. The van der Waals surface area contributed by atoms with Crippen molar-refractivity contribution < 1.29 is 4.74 Å². The summed E-state index contributed by atoms with van der Waals surface area (Å²) in [4.78, 5) is 0. The fraction of sp³-hybridized carbons (Fsp3) is 0.400. The molecule has 0 aromatic rings. The van der Waals surface area contributed by atoms with E-state index < -0.39 is 0 Å². The molecule has 0 amide bonds. The van der Waals surface area contributed by atoms with Crippen LogP contribution >= 0.6 is 27.5 Å². The molecule has 0 fully saturated rings. The highest BCUT2D eigenvalue weighted by atomic mass is 79.9. The second-order valence-electron chi connectivity index (χ2n) is 3.35. The Balaban J connectivity index is 2.48. The van der Waals surface area contributed by atoms with E-state index in [0.717, 1.165) is 16.4 Å². The summed E-state index contributed by atoms with van der Waals surface area (Å²) in [5.41, 5.74) is 2.31. The molecule has 3 heteroatoms. The molecule has 2 atom stereocenters. The zero-order valence-electron chi connectivity index (χ0n) is 7.47. The highest BCUT2D eigenvalue weighted by Crippen LogP contribution is 2.41. The molecule has 2 unspecified atom stereocenters. The van der Waals surface area contributed by atoms with Crippen LogP contribution < -0.4 is 0 Å². The van der Waals surface area contributed by atoms with Gasteiger partial charge in [-0.3, -0.25) is 0 Å². The molecule has 1 aliphatic carbocycles. The molecule has 1 heterocycles. The predicted octanol–water partition coefficient (Wildman–Crippen LogP) is 3.71. The molecule has 1 aliphatic heterocycles. The monoisotopic (exact) mass is 260 g/mol. The van der Waals surface area contributed by atoms with Gasteiger partial charge in [0.15, 0.2) is 5.01 Å². The standard InChI is InChI=1S/C10H10BrClO/c1-5-3-8(12)6(2)7-4-9(11)13-10(5)7/h3-4,6,9H,1-2H3. The van der Waals surface area contributed by atoms with Crippen LogP contribution in [0.15, 0.2) is 34.1 Å². The summed E-state index contributed by atoms with van der Waals surface area (Å²) in [6.07, 6.45) is 4.04. The van der Waals surface area contributed by atoms with E-state index >= 15 is 0 Å². The lowest BCUT2D eigenvalue weighted by Gasteiger charge is -2.19. The van der Waals surface area contributed by atoms with Gasteiger partial charge >= 0.3 is 0 Å². The van der Waals surface area contributed by atoms with E-state index in [-0.39, 0.29) is 10.9 Å². The van der Waals surface area contributed by atoms with Crippen molar-refractivity contribution in [3.8, 4) is 0 Å². The third kappa shape index (κ3) is 1.46. The van der Waals surface area contributed by atoms with Crippen LogP contribution in [0.4, 0.5) is 0 Å². The second kappa shape index (κ2) is 3.18. The molecule has 0 spiro atoms. The Morgan fingerprint density at radius 1 is 1.54 bits per heavy atom. The van der Waals surface area contributed by atoms with Crippen molar-refractivity contribution in [2.45, 2.75) is 18.9 Å². The lowest BCUT2D eigenvalue weighted by molar-refractivity contribution is 0.249. The van der Waals surface area contributed by atoms with Gasteiger partial charge in [0.1, 0.15) is 5.76 Å². The van der Waals surface area contributed by atoms with Gasteiger partial charge in [-0.1, -0.05) is 18.5 Å². The van der Waals surface area contributed by atoms with Gasteiger partial charge in [0, 0.05) is 16.5 Å². The van der Waals surface area contributed by atoms with Gasteiger partial charge in [0.05, 0.1) is 0 Å². The fourth-order valence-corrected chi connectivity index (χ4v) is 2.39. The zero-order chi connectivity index (χ0) is 9.59. The van der Waals surface area contributed by atoms with Crippen LogP contribution in [-0.4, -0.2) is 5.01 Å². The maximum absolute atomic E-state index is 6.09. The molecule has 70 valence electrons. The van der Waals surface area contributed by atoms with Gasteiger partial charge in [-0.25, -0.2) is 0 Å². The van der Waals surface area contributed by atoms with Crippen LogP contribution in [0.5, 0.6) is 0 Å². The third-order valence-corrected chi connectivity index (χ3v) is 3.28. The summed E-state index contributed by atoms with van der Waals surface area (Å²) in [7, 11) is 0. The Hall–Kier alpha value is -0.210. The lowest BCUT2D eigenvalue weighted by atomic mass is 9.92. The Morgan fingerprint density at radius 2 is 2.23 bits per heavy atom. The normalized spacial score (nSPS) is 32.3. The number of hydrogen-bond acceptors (Lipinski definition) is 1. The number of rotatable bonds is 0. The molecule has 1 nitrogen and oxygen atoms in total. The van der Waals surface area contributed by atoms with Gasteiger partial charge in [0.2, 0.25) is 0 Å². The van der Waals surface area contributed by atoms with Gasteiger partial charge in [-0.05, 0) is 40.6 Å². The van der Waals surface area contributed by atoms with Gasteiger partial charge in [-0.2, -0.15) is 0 Å². The molecule has 0 aromatic heterocycles. The van der Waals surface area contributed by atoms with Gasteiger partial charge < -0.3 is 4.74 Å². The largest absolute Gasteiger partial charge is 0.474 e. The van der Waals surface area contributed by atoms with Crippen molar-refractivity contribution in [2.24, 2.45) is 5.92 Å². The van der Waals surface area contributed by atoms with E-state index in [0.29, 0.717) is 0 Å². The molecule has 0 radical (unpaired) electrons. The molecule has 2 rings (SSSR count). The summed E-state index contributed by atoms with van der Waals surface area (Å²) in [5, 5.41) is 0.892. The Kier molecular flexibility index (Phi) is 2.28. The molecular formula is C10H10BrClO.